The van der Waals surface area contributed by atoms with Crippen LogP contribution in [0.3, 0.4) is 0 Å². The first kappa shape index (κ1) is 29.8. The minimum absolute atomic E-state index is 0.0578. The highest BCUT2D eigenvalue weighted by Crippen LogP contribution is 2.65. The van der Waals surface area contributed by atoms with Gasteiger partial charge >= 0.3 is 17.9 Å². The van der Waals surface area contributed by atoms with Gasteiger partial charge in [0.25, 0.3) is 5.91 Å². The highest BCUT2D eigenvalue weighted by molar-refractivity contribution is 5.90. The van der Waals surface area contributed by atoms with Gasteiger partial charge in [-0.15, -0.1) is 0 Å². The normalized spacial score (nSPS) is 28.8. The average molecular weight is 587 g/mol. The number of nitrogens with zero attached hydrogens (tertiary/aromatic N) is 1. The Morgan fingerprint density at radius 3 is 2.62 bits per heavy atom. The third-order valence-electron chi connectivity index (χ3n) is 8.68. The number of esters is 3. The molecule has 228 valence electrons. The first-order chi connectivity index (χ1) is 19.6. The van der Waals surface area contributed by atoms with E-state index in [-0.39, 0.29) is 29.7 Å². The van der Waals surface area contributed by atoms with Gasteiger partial charge in [-0.1, -0.05) is 6.07 Å². The van der Waals surface area contributed by atoms with Crippen molar-refractivity contribution in [3.05, 3.63) is 35.1 Å². The van der Waals surface area contributed by atoms with E-state index in [9.17, 15) is 29.4 Å². The fourth-order valence-electron chi connectivity index (χ4n) is 6.93. The number of hydrogen-bond acceptors (Lipinski definition) is 11. The summed E-state index contributed by atoms with van der Waals surface area (Å²) in [6.45, 7) is 8.09. The third-order valence-corrected chi connectivity index (χ3v) is 8.68. The van der Waals surface area contributed by atoms with Gasteiger partial charge in [0.15, 0.2) is 23.7 Å². The number of carbonyl (C=O) groups excluding carboxylic acids is 4. The Morgan fingerprint density at radius 1 is 1.24 bits per heavy atom. The predicted molar refractivity (Wildman–Crippen MR) is 146 cm³/mol. The van der Waals surface area contributed by atoms with Crippen molar-refractivity contribution in [3.63, 3.8) is 0 Å². The molecule has 1 fully saturated rings. The second kappa shape index (κ2) is 10.3. The molecule has 1 spiro atoms. The Labute approximate surface area is 243 Å². The Morgan fingerprint density at radius 2 is 1.95 bits per heavy atom. The zero-order valence-corrected chi connectivity index (χ0v) is 24.7. The van der Waals surface area contributed by atoms with Crippen LogP contribution in [0.15, 0.2) is 24.0 Å². The third kappa shape index (κ3) is 4.80. The molecule has 2 aliphatic carbocycles. The van der Waals surface area contributed by atoms with Crippen molar-refractivity contribution in [3.8, 4) is 11.5 Å². The van der Waals surface area contributed by atoms with Crippen LogP contribution in [0.4, 0.5) is 0 Å². The van der Waals surface area contributed by atoms with Gasteiger partial charge in [0, 0.05) is 24.9 Å². The van der Waals surface area contributed by atoms with Crippen LogP contribution in [0.2, 0.25) is 0 Å². The molecule has 12 heteroatoms. The lowest BCUT2D eigenvalue weighted by molar-refractivity contribution is -0.170. The number of hydrogen-bond donors (Lipinski definition) is 3. The molecule has 0 unspecified atom stereocenters. The summed E-state index contributed by atoms with van der Waals surface area (Å²) in [7, 11) is 1.97. The number of benzene rings is 1. The molecule has 1 amide bonds. The fourth-order valence-corrected chi connectivity index (χ4v) is 6.93. The van der Waals surface area contributed by atoms with E-state index in [2.05, 4.69) is 10.2 Å². The second-order valence-electron chi connectivity index (χ2n) is 12.6. The molecule has 0 saturated carbocycles. The smallest absolute Gasteiger partial charge is 0.329 e. The predicted octanol–water partition coefficient (Wildman–Crippen LogP) is 1.38. The van der Waals surface area contributed by atoms with E-state index in [4.69, 9.17) is 18.9 Å². The maximum atomic E-state index is 13.3. The highest BCUT2D eigenvalue weighted by atomic mass is 16.6. The summed E-state index contributed by atoms with van der Waals surface area (Å²) in [5.41, 5.74) is -1.37. The number of rotatable bonds is 7. The SMILES string of the molecule is CC(=O)O[C@@H](C)C(=O)N[C@@H](CC(=O)OC1=CC[C@@]2(O)[C@H]3Cc4ccc(O)c5c4[C@@]2(CCN3C)[C@H]1O5)C(=O)OC(C)(C)C. The van der Waals surface area contributed by atoms with E-state index in [0.717, 1.165) is 18.1 Å². The molecular formula is C30H38N2O10. The summed E-state index contributed by atoms with van der Waals surface area (Å²) in [5, 5.41) is 25.4. The average Bonchev–Trinajstić information content (AvgIpc) is 3.23. The van der Waals surface area contributed by atoms with Crippen LogP contribution in [0.5, 0.6) is 11.5 Å². The van der Waals surface area contributed by atoms with Gasteiger partial charge in [-0.25, -0.2) is 4.79 Å². The van der Waals surface area contributed by atoms with Crippen LogP contribution in [0, 0.1) is 0 Å². The fraction of sp³-hybridized carbons (Fsp3) is 0.600. The molecule has 1 aromatic carbocycles. The van der Waals surface area contributed by atoms with E-state index < -0.39 is 65.1 Å². The molecule has 2 bridgehead atoms. The van der Waals surface area contributed by atoms with Crippen LogP contribution in [-0.2, 0) is 45.2 Å². The summed E-state index contributed by atoms with van der Waals surface area (Å²) in [6.07, 6.45) is 0.220. The number of amides is 1. The van der Waals surface area contributed by atoms with Crippen molar-refractivity contribution in [1.29, 1.82) is 0 Å². The number of aliphatic hydroxyl groups is 1. The van der Waals surface area contributed by atoms with Gasteiger partial charge in [-0.3, -0.25) is 14.4 Å². The van der Waals surface area contributed by atoms with Crippen molar-refractivity contribution in [1.82, 2.24) is 10.2 Å². The molecule has 2 heterocycles. The highest BCUT2D eigenvalue weighted by Gasteiger charge is 2.72. The van der Waals surface area contributed by atoms with E-state index in [0.29, 0.717) is 19.4 Å². The van der Waals surface area contributed by atoms with Crippen molar-refractivity contribution in [2.75, 3.05) is 13.6 Å². The summed E-state index contributed by atoms with van der Waals surface area (Å²) in [5.74, 6) is -2.79. The molecule has 1 aromatic rings. The van der Waals surface area contributed by atoms with Gasteiger partial charge in [0.2, 0.25) is 0 Å². The number of phenolic OH excluding ortho intramolecular Hbond substituents is 1. The number of likely N-dealkylation sites (tertiary alicyclic amines) is 1. The lowest BCUT2D eigenvalue weighted by Crippen LogP contribution is -2.74. The van der Waals surface area contributed by atoms with E-state index in [1.54, 1.807) is 32.9 Å². The maximum Gasteiger partial charge on any atom is 0.329 e. The standard InChI is InChI=1S/C30H38N2O10/c1-15(39-16(2)33)26(36)31-18(27(37)42-28(3,4)5)14-22(35)40-20-9-10-30(38)21-13-17-7-8-19(34)24-23(17)29(30,25(20)41-24)11-12-32(21)6/h7-9,15,18,21,25,34,38H,10-14H2,1-6H3,(H,31,36)/t15-,18-,21+,25-,29-,30+/m0/s1. The molecule has 4 aliphatic rings. The first-order valence-corrected chi connectivity index (χ1v) is 14.1. The maximum absolute atomic E-state index is 13.3. The molecule has 1 saturated heterocycles. The van der Waals surface area contributed by atoms with E-state index in [1.165, 1.54) is 6.92 Å². The van der Waals surface area contributed by atoms with Gasteiger partial charge in [-0.2, -0.15) is 0 Å². The minimum atomic E-state index is -1.43. The Hall–Kier alpha value is -3.64. The summed E-state index contributed by atoms with van der Waals surface area (Å²) in [4.78, 5) is 52.4. The number of carbonyl (C=O) groups is 4. The Balaban J connectivity index is 1.41. The number of nitrogens with one attached hydrogen (secondary N) is 1. The van der Waals surface area contributed by atoms with Gasteiger partial charge in [0.1, 0.15) is 17.4 Å². The Kier molecular flexibility index (Phi) is 7.29. The van der Waals surface area contributed by atoms with Crippen LogP contribution in [0.25, 0.3) is 0 Å². The molecule has 5 rings (SSSR count). The van der Waals surface area contributed by atoms with Crippen molar-refractivity contribution < 1.29 is 48.3 Å². The second-order valence-corrected chi connectivity index (χ2v) is 12.6. The number of piperidine rings is 1. The number of likely N-dealkylation sites (N-methyl/N-ethyl adjacent to an activating group) is 1. The summed E-state index contributed by atoms with van der Waals surface area (Å²) < 4.78 is 22.4. The molecule has 0 aromatic heterocycles. The quantitative estimate of drug-likeness (QED) is 0.313. The van der Waals surface area contributed by atoms with Crippen molar-refractivity contribution in [2.24, 2.45) is 0 Å². The number of ether oxygens (including phenoxy) is 4. The molecule has 2 aliphatic heterocycles. The molecule has 6 atom stereocenters. The van der Waals surface area contributed by atoms with E-state index >= 15 is 0 Å². The lowest BCUT2D eigenvalue weighted by atomic mass is 9.50. The lowest BCUT2D eigenvalue weighted by Gasteiger charge is -2.61. The first-order valence-electron chi connectivity index (χ1n) is 14.1. The molecule has 0 radical (unpaired) electrons. The number of aromatic hydroxyl groups is 1. The van der Waals surface area contributed by atoms with Crippen LogP contribution < -0.4 is 10.1 Å². The monoisotopic (exact) mass is 586 g/mol. The largest absolute Gasteiger partial charge is 0.504 e. The summed E-state index contributed by atoms with van der Waals surface area (Å²) in [6, 6.07) is 1.78. The van der Waals surface area contributed by atoms with Crippen LogP contribution in [-0.4, -0.2) is 88.0 Å². The Bertz CT molecular complexity index is 1370. The van der Waals surface area contributed by atoms with Crippen LogP contribution >= 0.6 is 0 Å². The molecule has 42 heavy (non-hydrogen) atoms. The minimum Gasteiger partial charge on any atom is -0.504 e. The molecular weight excluding hydrogens is 548 g/mol. The summed E-state index contributed by atoms with van der Waals surface area (Å²) >= 11 is 0. The van der Waals surface area contributed by atoms with E-state index in [1.807, 2.05) is 13.1 Å². The van der Waals surface area contributed by atoms with Gasteiger partial charge in [0.05, 0.1) is 17.4 Å². The van der Waals surface area contributed by atoms with Crippen LogP contribution in [0.1, 0.15) is 65.0 Å². The van der Waals surface area contributed by atoms with Crippen molar-refractivity contribution in [2.45, 2.75) is 101 Å². The van der Waals surface area contributed by atoms with Gasteiger partial charge in [-0.05, 0) is 71.8 Å². The van der Waals surface area contributed by atoms with Gasteiger partial charge < -0.3 is 39.4 Å². The molecule has 12 nitrogen and oxygen atoms in total. The number of phenols is 1. The van der Waals surface area contributed by atoms with Crippen molar-refractivity contribution >= 4 is 23.8 Å². The zero-order valence-electron chi connectivity index (χ0n) is 24.7. The topological polar surface area (TPSA) is 161 Å². The molecule has 3 N–H and O–H groups in total. The zero-order chi connectivity index (χ0) is 30.8.